The largest absolute Gasteiger partial charge is 0.316 e. The van der Waals surface area contributed by atoms with Crippen LogP contribution in [0.2, 0.25) is 0 Å². The molecule has 1 N–H and O–H groups in total. The van der Waals surface area contributed by atoms with Gasteiger partial charge < -0.3 is 5.32 Å². The quantitative estimate of drug-likeness (QED) is 0.790. The first-order valence-corrected chi connectivity index (χ1v) is 6.70. The van der Waals surface area contributed by atoms with Gasteiger partial charge in [-0.1, -0.05) is 6.92 Å². The Bertz CT molecular complexity index is 295. The molecular formula is C10H18N4S. The predicted molar refractivity (Wildman–Crippen MR) is 62.8 cm³/mol. The maximum atomic E-state index is 4.29. The molecule has 1 saturated heterocycles. The minimum Gasteiger partial charge on any atom is -0.316 e. The predicted octanol–water partition coefficient (Wildman–Crippen LogP) is 1.14. The van der Waals surface area contributed by atoms with Crippen LogP contribution in [0.5, 0.6) is 0 Å². The minimum atomic E-state index is 0.873. The Morgan fingerprint density at radius 2 is 2.47 bits per heavy atom. The smallest absolute Gasteiger partial charge is 0.138 e. The SMILES string of the molecule is CCCn1ncnc1CSCC1CNC1. The lowest BCUT2D eigenvalue weighted by molar-refractivity contribution is 0.385. The van der Waals surface area contributed by atoms with Crippen molar-refractivity contribution in [3.8, 4) is 0 Å². The van der Waals surface area contributed by atoms with E-state index < -0.39 is 0 Å². The Labute approximate surface area is 94.8 Å². The van der Waals surface area contributed by atoms with Gasteiger partial charge in [0.15, 0.2) is 0 Å². The Morgan fingerprint density at radius 3 is 3.13 bits per heavy atom. The van der Waals surface area contributed by atoms with Gasteiger partial charge >= 0.3 is 0 Å². The van der Waals surface area contributed by atoms with Crippen LogP contribution >= 0.6 is 11.8 Å². The first-order chi connectivity index (χ1) is 7.40. The van der Waals surface area contributed by atoms with Crippen LogP contribution in [0.1, 0.15) is 19.2 Å². The Kier molecular flexibility index (Phi) is 4.02. The fraction of sp³-hybridized carbons (Fsp3) is 0.800. The van der Waals surface area contributed by atoms with Crippen LogP contribution < -0.4 is 5.32 Å². The normalized spacial score (nSPS) is 16.6. The van der Waals surface area contributed by atoms with Crippen LogP contribution in [0.25, 0.3) is 0 Å². The molecule has 2 rings (SSSR count). The molecule has 1 aromatic rings. The summed E-state index contributed by atoms with van der Waals surface area (Å²) in [7, 11) is 0. The molecule has 0 aliphatic carbocycles. The van der Waals surface area contributed by atoms with Gasteiger partial charge in [-0.25, -0.2) is 9.67 Å². The maximum Gasteiger partial charge on any atom is 0.138 e. The van der Waals surface area contributed by atoms with Crippen molar-refractivity contribution in [1.82, 2.24) is 20.1 Å². The molecule has 0 bridgehead atoms. The third kappa shape index (κ3) is 2.95. The molecule has 0 amide bonds. The molecule has 4 nitrogen and oxygen atoms in total. The van der Waals surface area contributed by atoms with Crippen LogP contribution in [0.15, 0.2) is 6.33 Å². The van der Waals surface area contributed by atoms with Crippen LogP contribution in [-0.4, -0.2) is 33.6 Å². The van der Waals surface area contributed by atoms with Crippen LogP contribution in [-0.2, 0) is 12.3 Å². The zero-order valence-corrected chi connectivity index (χ0v) is 9.96. The summed E-state index contributed by atoms with van der Waals surface area (Å²) in [6, 6.07) is 0. The highest BCUT2D eigenvalue weighted by Gasteiger charge is 2.16. The fourth-order valence-electron chi connectivity index (χ4n) is 1.58. The fourth-order valence-corrected chi connectivity index (χ4v) is 2.67. The van der Waals surface area contributed by atoms with Gasteiger partial charge in [0.1, 0.15) is 12.2 Å². The Hall–Kier alpha value is -0.550. The molecule has 0 saturated carbocycles. The lowest BCUT2D eigenvalue weighted by atomic mass is 10.1. The summed E-state index contributed by atoms with van der Waals surface area (Å²) in [5.74, 6) is 4.23. The zero-order chi connectivity index (χ0) is 10.5. The van der Waals surface area contributed by atoms with Crippen molar-refractivity contribution in [1.29, 1.82) is 0 Å². The van der Waals surface area contributed by atoms with E-state index in [-0.39, 0.29) is 0 Å². The first kappa shape index (κ1) is 11.0. The van der Waals surface area contributed by atoms with Crippen molar-refractivity contribution in [2.75, 3.05) is 18.8 Å². The minimum absolute atomic E-state index is 0.873. The van der Waals surface area contributed by atoms with Crippen molar-refractivity contribution < 1.29 is 0 Å². The molecule has 1 fully saturated rings. The van der Waals surface area contributed by atoms with Gasteiger partial charge in [0, 0.05) is 6.54 Å². The lowest BCUT2D eigenvalue weighted by Crippen LogP contribution is -2.43. The topological polar surface area (TPSA) is 42.7 Å². The van der Waals surface area contributed by atoms with E-state index >= 15 is 0 Å². The molecule has 2 heterocycles. The second kappa shape index (κ2) is 5.51. The molecule has 1 aliphatic heterocycles. The molecule has 0 atom stereocenters. The molecule has 1 aliphatic rings. The number of aromatic nitrogens is 3. The van der Waals surface area contributed by atoms with Gasteiger partial charge in [-0.15, -0.1) is 0 Å². The van der Waals surface area contributed by atoms with E-state index in [1.54, 1.807) is 6.33 Å². The highest BCUT2D eigenvalue weighted by Crippen LogP contribution is 2.16. The summed E-state index contributed by atoms with van der Waals surface area (Å²) in [5.41, 5.74) is 0. The van der Waals surface area contributed by atoms with Crippen LogP contribution in [0.4, 0.5) is 0 Å². The van der Waals surface area contributed by atoms with E-state index in [1.807, 2.05) is 16.4 Å². The average molecular weight is 226 g/mol. The third-order valence-electron chi connectivity index (χ3n) is 2.58. The van der Waals surface area contributed by atoms with Crippen molar-refractivity contribution in [2.24, 2.45) is 5.92 Å². The Morgan fingerprint density at radius 1 is 1.60 bits per heavy atom. The van der Waals surface area contributed by atoms with Crippen LogP contribution in [0.3, 0.4) is 0 Å². The molecule has 0 spiro atoms. The average Bonchev–Trinajstić information content (AvgIpc) is 2.58. The van der Waals surface area contributed by atoms with Gasteiger partial charge in [0.2, 0.25) is 0 Å². The summed E-state index contributed by atoms with van der Waals surface area (Å²) < 4.78 is 2.02. The third-order valence-corrected chi connectivity index (χ3v) is 3.75. The van der Waals surface area contributed by atoms with E-state index in [2.05, 4.69) is 22.3 Å². The van der Waals surface area contributed by atoms with E-state index in [0.717, 1.165) is 30.5 Å². The lowest BCUT2D eigenvalue weighted by Gasteiger charge is -2.26. The molecule has 0 aromatic carbocycles. The second-order valence-corrected chi connectivity index (χ2v) is 4.97. The molecule has 5 heteroatoms. The summed E-state index contributed by atoms with van der Waals surface area (Å²) in [5, 5.41) is 7.51. The molecule has 84 valence electrons. The zero-order valence-electron chi connectivity index (χ0n) is 9.15. The Balaban J connectivity index is 1.73. The van der Waals surface area contributed by atoms with Gasteiger partial charge in [-0.3, -0.25) is 0 Å². The monoisotopic (exact) mass is 226 g/mol. The molecule has 0 radical (unpaired) electrons. The van der Waals surface area contributed by atoms with Crippen molar-refractivity contribution in [2.45, 2.75) is 25.6 Å². The number of hydrogen-bond acceptors (Lipinski definition) is 4. The number of nitrogens with zero attached hydrogens (tertiary/aromatic N) is 3. The summed E-state index contributed by atoms with van der Waals surface area (Å²) in [6.45, 7) is 5.53. The van der Waals surface area contributed by atoms with E-state index in [1.165, 1.54) is 18.8 Å². The number of nitrogens with one attached hydrogen (secondary N) is 1. The second-order valence-electron chi connectivity index (χ2n) is 3.94. The number of thioether (sulfide) groups is 1. The summed E-state index contributed by atoms with van der Waals surface area (Å²) in [4.78, 5) is 4.29. The number of aryl methyl sites for hydroxylation is 1. The molecule has 1 aromatic heterocycles. The van der Waals surface area contributed by atoms with Gasteiger partial charge in [-0.05, 0) is 31.2 Å². The van der Waals surface area contributed by atoms with Gasteiger partial charge in [0.05, 0.1) is 5.75 Å². The number of rotatable bonds is 6. The highest BCUT2D eigenvalue weighted by atomic mass is 32.2. The van der Waals surface area contributed by atoms with Crippen molar-refractivity contribution in [3.05, 3.63) is 12.2 Å². The van der Waals surface area contributed by atoms with Gasteiger partial charge in [0.25, 0.3) is 0 Å². The standard InChI is InChI=1S/C10H18N4S/c1-2-3-14-10(12-8-13-14)7-15-6-9-4-11-5-9/h8-9,11H,2-7H2,1H3. The van der Waals surface area contributed by atoms with Crippen molar-refractivity contribution in [3.63, 3.8) is 0 Å². The highest BCUT2D eigenvalue weighted by molar-refractivity contribution is 7.98. The van der Waals surface area contributed by atoms with Crippen LogP contribution in [0, 0.1) is 5.92 Å². The molecular weight excluding hydrogens is 208 g/mol. The molecule has 0 unspecified atom stereocenters. The maximum absolute atomic E-state index is 4.29. The summed E-state index contributed by atoms with van der Waals surface area (Å²) >= 11 is 1.97. The van der Waals surface area contributed by atoms with E-state index in [9.17, 15) is 0 Å². The number of hydrogen-bond donors (Lipinski definition) is 1. The van der Waals surface area contributed by atoms with Crippen molar-refractivity contribution >= 4 is 11.8 Å². The first-order valence-electron chi connectivity index (χ1n) is 5.55. The van der Waals surface area contributed by atoms with E-state index in [4.69, 9.17) is 0 Å². The van der Waals surface area contributed by atoms with E-state index in [0.29, 0.717) is 0 Å². The van der Waals surface area contributed by atoms with Gasteiger partial charge in [-0.2, -0.15) is 16.9 Å². The summed E-state index contributed by atoms with van der Waals surface area (Å²) in [6.07, 6.45) is 2.78. The molecule has 15 heavy (non-hydrogen) atoms.